The number of nitrogens with one attached hydrogen (secondary N) is 1. The second-order valence-corrected chi connectivity index (χ2v) is 10.7. The van der Waals surface area contributed by atoms with Crippen LogP contribution in [0.1, 0.15) is 47.4 Å². The molecule has 1 N–H and O–H groups in total. The molecular weight excluding hydrogens is 476 g/mol. The van der Waals surface area contributed by atoms with Crippen molar-refractivity contribution >= 4 is 45.1 Å². The van der Waals surface area contributed by atoms with E-state index in [0.717, 1.165) is 10.2 Å². The Morgan fingerprint density at radius 1 is 1.08 bits per heavy atom. The van der Waals surface area contributed by atoms with E-state index in [9.17, 15) is 19.2 Å². The Balaban J connectivity index is 1.33. The van der Waals surface area contributed by atoms with E-state index in [-0.39, 0.29) is 42.0 Å². The molecule has 0 saturated carbocycles. The van der Waals surface area contributed by atoms with Gasteiger partial charge in [-0.3, -0.25) is 19.2 Å². The maximum Gasteiger partial charge on any atom is 0.254 e. The van der Waals surface area contributed by atoms with Crippen LogP contribution in [0.3, 0.4) is 0 Å². The van der Waals surface area contributed by atoms with Crippen LogP contribution >= 0.6 is 11.3 Å². The Bertz CT molecular complexity index is 1320. The molecule has 3 aromatic rings. The van der Waals surface area contributed by atoms with Gasteiger partial charge in [0, 0.05) is 17.7 Å². The first-order chi connectivity index (χ1) is 17.3. The summed E-state index contributed by atoms with van der Waals surface area (Å²) < 4.78 is 0.900. The zero-order chi connectivity index (χ0) is 25.4. The zero-order valence-electron chi connectivity index (χ0n) is 20.2. The normalized spacial score (nSPS) is 20.1. The minimum atomic E-state index is -0.764. The molecule has 0 spiro atoms. The number of ketones is 1. The van der Waals surface area contributed by atoms with E-state index < -0.39 is 12.1 Å². The number of hydrogen-bond acceptors (Lipinski definition) is 6. The fourth-order valence-electron chi connectivity index (χ4n) is 5.22. The third kappa shape index (κ3) is 4.51. The fourth-order valence-corrected chi connectivity index (χ4v) is 5.93. The van der Waals surface area contributed by atoms with Crippen molar-refractivity contribution < 1.29 is 19.2 Å². The number of likely N-dealkylation sites (tertiary alicyclic amines) is 2. The maximum atomic E-state index is 13.7. The topological polar surface area (TPSA) is 99.7 Å². The van der Waals surface area contributed by atoms with Crippen LogP contribution in [0.15, 0.2) is 54.0 Å². The molecule has 3 heterocycles. The molecule has 0 unspecified atom stereocenters. The van der Waals surface area contributed by atoms with Gasteiger partial charge in [-0.2, -0.15) is 0 Å². The van der Waals surface area contributed by atoms with Crippen molar-refractivity contribution in [2.45, 2.75) is 44.8 Å². The summed E-state index contributed by atoms with van der Waals surface area (Å²) in [5.41, 5.74) is 3.54. The molecule has 2 fully saturated rings. The van der Waals surface area contributed by atoms with Crippen molar-refractivity contribution in [2.24, 2.45) is 5.92 Å². The molecule has 2 aliphatic rings. The average molecular weight is 505 g/mol. The highest BCUT2D eigenvalue weighted by atomic mass is 32.1. The fraction of sp³-hybridized carbons (Fsp3) is 0.370. The lowest BCUT2D eigenvalue weighted by molar-refractivity contribution is -0.138. The van der Waals surface area contributed by atoms with Gasteiger partial charge in [0.25, 0.3) is 11.8 Å². The molecule has 3 amide bonds. The molecule has 1 aromatic heterocycles. The van der Waals surface area contributed by atoms with Gasteiger partial charge in [0.2, 0.25) is 5.91 Å². The second-order valence-electron chi connectivity index (χ2n) is 9.79. The number of amides is 3. The molecule has 36 heavy (non-hydrogen) atoms. The van der Waals surface area contributed by atoms with Gasteiger partial charge in [0.1, 0.15) is 12.1 Å². The molecule has 2 aromatic carbocycles. The Hall–Kier alpha value is -3.59. The quantitative estimate of drug-likeness (QED) is 0.556. The number of benzene rings is 2. The monoisotopic (exact) mass is 504 g/mol. The number of carbonyl (C=O) groups excluding carboxylic acids is 4. The van der Waals surface area contributed by atoms with Gasteiger partial charge in [-0.15, -0.1) is 11.3 Å². The molecule has 0 radical (unpaired) electrons. The first kappa shape index (κ1) is 24.1. The summed E-state index contributed by atoms with van der Waals surface area (Å²) in [5, 5.41) is 2.91. The molecule has 2 aliphatic heterocycles. The number of thiazole rings is 1. The van der Waals surface area contributed by atoms with Gasteiger partial charge in [-0.25, -0.2) is 4.98 Å². The predicted octanol–water partition coefficient (Wildman–Crippen LogP) is 3.14. The third-order valence-electron chi connectivity index (χ3n) is 6.89. The van der Waals surface area contributed by atoms with Crippen molar-refractivity contribution in [3.63, 3.8) is 0 Å². The zero-order valence-corrected chi connectivity index (χ0v) is 21.0. The van der Waals surface area contributed by atoms with Gasteiger partial charge in [-0.1, -0.05) is 32.0 Å². The van der Waals surface area contributed by atoms with E-state index in [0.29, 0.717) is 30.5 Å². The molecule has 5 rings (SSSR count). The molecule has 8 nitrogen and oxygen atoms in total. The summed E-state index contributed by atoms with van der Waals surface area (Å²) in [6, 6.07) is 12.4. The Kier molecular flexibility index (Phi) is 6.57. The highest BCUT2D eigenvalue weighted by Crippen LogP contribution is 2.32. The van der Waals surface area contributed by atoms with E-state index in [4.69, 9.17) is 0 Å². The number of Topliss-reactive ketones (excluding diaryl/α,β-unsaturated/α-hetero) is 1. The van der Waals surface area contributed by atoms with Crippen molar-refractivity contribution in [1.29, 1.82) is 0 Å². The lowest BCUT2D eigenvalue weighted by atomic mass is 10.0. The van der Waals surface area contributed by atoms with E-state index >= 15 is 0 Å². The summed E-state index contributed by atoms with van der Waals surface area (Å²) >= 11 is 1.45. The van der Waals surface area contributed by atoms with Crippen LogP contribution in [0.2, 0.25) is 0 Å². The number of carbonyl (C=O) groups is 4. The van der Waals surface area contributed by atoms with Gasteiger partial charge in [-0.05, 0) is 49.1 Å². The first-order valence-corrected chi connectivity index (χ1v) is 13.0. The number of fused-ring (bicyclic) bond motifs is 2. The number of nitrogens with zero attached hydrogens (tertiary/aromatic N) is 3. The third-order valence-corrected chi connectivity index (χ3v) is 7.68. The maximum absolute atomic E-state index is 13.7. The SMILES string of the molecule is CC(C)C[C@H](NC(=O)c1ccc2ncsc2c1)C(=O)N1CC[C@@H]2[C@H]1C(=O)CN2C(=O)c1ccccc1. The Labute approximate surface area is 213 Å². The van der Waals surface area contributed by atoms with Crippen molar-refractivity contribution in [1.82, 2.24) is 20.1 Å². The first-order valence-electron chi connectivity index (χ1n) is 12.2. The molecule has 3 atom stereocenters. The number of aromatic nitrogens is 1. The molecule has 0 aliphatic carbocycles. The molecule has 9 heteroatoms. The van der Waals surface area contributed by atoms with Crippen LogP contribution in [0.4, 0.5) is 0 Å². The van der Waals surface area contributed by atoms with Crippen molar-refractivity contribution in [3.8, 4) is 0 Å². The van der Waals surface area contributed by atoms with E-state index in [1.54, 1.807) is 57.8 Å². The van der Waals surface area contributed by atoms with Gasteiger partial charge < -0.3 is 15.1 Å². The predicted molar refractivity (Wildman–Crippen MR) is 137 cm³/mol. The minimum Gasteiger partial charge on any atom is -0.340 e. The summed E-state index contributed by atoms with van der Waals surface area (Å²) in [5.74, 6) is -0.793. The summed E-state index contributed by atoms with van der Waals surface area (Å²) in [6.45, 7) is 4.34. The van der Waals surface area contributed by atoms with Crippen LogP contribution in [-0.2, 0) is 9.59 Å². The lowest BCUT2D eigenvalue weighted by Crippen LogP contribution is -2.53. The number of rotatable bonds is 6. The van der Waals surface area contributed by atoms with Crippen LogP contribution in [0.5, 0.6) is 0 Å². The smallest absolute Gasteiger partial charge is 0.254 e. The van der Waals surface area contributed by atoms with Crippen LogP contribution in [0, 0.1) is 5.92 Å². The van der Waals surface area contributed by atoms with E-state index in [1.807, 2.05) is 19.9 Å². The second kappa shape index (κ2) is 9.81. The van der Waals surface area contributed by atoms with Crippen LogP contribution < -0.4 is 5.32 Å². The van der Waals surface area contributed by atoms with Crippen LogP contribution in [-0.4, -0.2) is 69.5 Å². The van der Waals surface area contributed by atoms with E-state index in [1.165, 1.54) is 11.3 Å². The minimum absolute atomic E-state index is 0.0110. The van der Waals surface area contributed by atoms with Gasteiger partial charge in [0.05, 0.1) is 28.3 Å². The highest BCUT2D eigenvalue weighted by Gasteiger charge is 2.52. The molecule has 186 valence electrons. The number of hydrogen-bond donors (Lipinski definition) is 1. The largest absolute Gasteiger partial charge is 0.340 e. The summed E-state index contributed by atoms with van der Waals surface area (Å²) in [6.07, 6.45) is 0.979. The Morgan fingerprint density at radius 3 is 2.61 bits per heavy atom. The van der Waals surface area contributed by atoms with Crippen molar-refractivity contribution in [2.75, 3.05) is 13.1 Å². The summed E-state index contributed by atoms with van der Waals surface area (Å²) in [7, 11) is 0. The van der Waals surface area contributed by atoms with Gasteiger partial charge in [0.15, 0.2) is 5.78 Å². The average Bonchev–Trinajstić information content (AvgIpc) is 3.59. The Morgan fingerprint density at radius 2 is 1.86 bits per heavy atom. The lowest BCUT2D eigenvalue weighted by Gasteiger charge is -2.29. The standard InChI is InChI=1S/C27H28N4O4S/c1-16(2)12-20(29-25(33)18-8-9-19-23(13-18)36-15-28-19)27(35)30-11-10-21-24(30)22(32)14-31(21)26(34)17-6-4-3-5-7-17/h3-9,13,15-16,20-21,24H,10-12,14H2,1-2H3,(H,29,33)/t20-,21+,24-/m0/s1. The van der Waals surface area contributed by atoms with Crippen LogP contribution in [0.25, 0.3) is 10.2 Å². The van der Waals surface area contributed by atoms with Gasteiger partial charge >= 0.3 is 0 Å². The van der Waals surface area contributed by atoms with Crippen molar-refractivity contribution in [3.05, 3.63) is 65.2 Å². The summed E-state index contributed by atoms with van der Waals surface area (Å²) in [4.78, 5) is 60.3. The molecule has 2 saturated heterocycles. The highest BCUT2D eigenvalue weighted by molar-refractivity contribution is 7.16. The molecule has 0 bridgehead atoms. The van der Waals surface area contributed by atoms with E-state index in [2.05, 4.69) is 10.3 Å². The molecular formula is C27H28N4O4S.